The molecule has 9 heteroatoms. The predicted octanol–water partition coefficient (Wildman–Crippen LogP) is 3.48. The van der Waals surface area contributed by atoms with Gasteiger partial charge in [-0.05, 0) is 37.0 Å². The molecular weight excluding hydrogens is 462 g/mol. The number of aliphatic hydroxyl groups is 1. The van der Waals surface area contributed by atoms with Gasteiger partial charge < -0.3 is 25.0 Å². The first-order chi connectivity index (χ1) is 17.4. The monoisotopic (exact) mass is 493 g/mol. The third-order valence-electron chi connectivity index (χ3n) is 5.57. The standard InChI is InChI=1S/C23H27N3O2.C4H4O4/c27-21-12-15-25(16-13-21)14-7-17-28-23-22(19-8-3-1-4-9-19)18-26(24-23)20-10-5-2-6-11-20;5-3(6)1-2-4(7)8/h1-6,8-11,18,21,27H,7,12-17H2;1-2H,(H,5,6)(H,7,8). The first-order valence-electron chi connectivity index (χ1n) is 11.8. The minimum atomic E-state index is -1.26. The van der Waals surface area contributed by atoms with E-state index in [1.165, 1.54) is 0 Å². The van der Waals surface area contributed by atoms with E-state index in [9.17, 15) is 14.7 Å². The maximum absolute atomic E-state index is 9.62. The molecule has 0 saturated carbocycles. The van der Waals surface area contributed by atoms with E-state index in [2.05, 4.69) is 17.0 Å². The number of nitrogens with zero attached hydrogens (tertiary/aromatic N) is 3. The molecule has 1 aliphatic rings. The van der Waals surface area contributed by atoms with Crippen molar-refractivity contribution in [1.29, 1.82) is 0 Å². The average molecular weight is 494 g/mol. The van der Waals surface area contributed by atoms with Crippen molar-refractivity contribution in [1.82, 2.24) is 14.7 Å². The molecular formula is C27H31N3O6. The van der Waals surface area contributed by atoms with E-state index in [0.29, 0.717) is 24.6 Å². The number of benzene rings is 2. The lowest BCUT2D eigenvalue weighted by molar-refractivity contribution is -0.134. The quantitative estimate of drug-likeness (QED) is 0.306. The molecule has 0 amide bonds. The Kier molecular flexibility index (Phi) is 10.2. The Hall–Kier alpha value is -3.95. The number of aliphatic hydroxyl groups excluding tert-OH is 1. The Labute approximate surface area is 209 Å². The van der Waals surface area contributed by atoms with Crippen molar-refractivity contribution in [3.63, 3.8) is 0 Å². The number of aliphatic carboxylic acids is 2. The SMILES string of the molecule is O=C(O)C=CC(=O)O.OC1CCN(CCCOc2nn(-c3ccccc3)cc2-c2ccccc2)CC1. The molecule has 0 atom stereocenters. The fourth-order valence-electron chi connectivity index (χ4n) is 3.74. The second-order valence-corrected chi connectivity index (χ2v) is 8.28. The highest BCUT2D eigenvalue weighted by Gasteiger charge is 2.17. The van der Waals surface area contributed by atoms with Crippen LogP contribution in [0.2, 0.25) is 0 Å². The van der Waals surface area contributed by atoms with Gasteiger partial charge in [0.2, 0.25) is 5.88 Å². The highest BCUT2D eigenvalue weighted by atomic mass is 16.5. The van der Waals surface area contributed by atoms with Crippen LogP contribution in [0.1, 0.15) is 19.3 Å². The normalized spacial score (nSPS) is 14.2. The van der Waals surface area contributed by atoms with E-state index in [4.69, 9.17) is 20.0 Å². The predicted molar refractivity (Wildman–Crippen MR) is 135 cm³/mol. The van der Waals surface area contributed by atoms with E-state index in [1.54, 1.807) is 0 Å². The lowest BCUT2D eigenvalue weighted by atomic mass is 10.1. The van der Waals surface area contributed by atoms with Crippen molar-refractivity contribution < 1.29 is 29.6 Å². The third kappa shape index (κ3) is 8.68. The molecule has 1 aromatic heterocycles. The topological polar surface area (TPSA) is 125 Å². The molecule has 9 nitrogen and oxygen atoms in total. The number of hydrogen-bond acceptors (Lipinski definition) is 6. The first kappa shape index (κ1) is 26.7. The van der Waals surface area contributed by atoms with Crippen molar-refractivity contribution in [3.8, 4) is 22.7 Å². The van der Waals surface area contributed by atoms with E-state index in [1.807, 2.05) is 59.4 Å². The average Bonchev–Trinajstić information content (AvgIpc) is 3.32. The van der Waals surface area contributed by atoms with Crippen LogP contribution in [0, 0.1) is 0 Å². The van der Waals surface area contributed by atoms with Crippen molar-refractivity contribution in [2.24, 2.45) is 0 Å². The van der Waals surface area contributed by atoms with Gasteiger partial charge in [0.15, 0.2) is 0 Å². The Morgan fingerprint density at radius 3 is 2.11 bits per heavy atom. The Bertz CT molecular complexity index is 1110. The molecule has 4 rings (SSSR count). The summed E-state index contributed by atoms with van der Waals surface area (Å²) >= 11 is 0. The summed E-state index contributed by atoms with van der Waals surface area (Å²) in [6.07, 6.45) is 5.73. The lowest BCUT2D eigenvalue weighted by Crippen LogP contribution is -2.36. The Balaban J connectivity index is 0.000000392. The maximum atomic E-state index is 9.62. The van der Waals surface area contributed by atoms with Crippen LogP contribution in [0.25, 0.3) is 16.8 Å². The number of carbonyl (C=O) groups is 2. The van der Waals surface area contributed by atoms with Crippen molar-refractivity contribution >= 4 is 11.9 Å². The van der Waals surface area contributed by atoms with E-state index in [0.717, 1.165) is 55.7 Å². The van der Waals surface area contributed by atoms with Crippen LogP contribution in [0.4, 0.5) is 0 Å². The van der Waals surface area contributed by atoms with E-state index >= 15 is 0 Å². The van der Waals surface area contributed by atoms with E-state index < -0.39 is 11.9 Å². The van der Waals surface area contributed by atoms with Gasteiger partial charge in [-0.2, -0.15) is 0 Å². The second kappa shape index (κ2) is 13.8. The molecule has 2 aromatic carbocycles. The number of ether oxygens (including phenoxy) is 1. The van der Waals surface area contributed by atoms with Crippen LogP contribution >= 0.6 is 0 Å². The molecule has 1 saturated heterocycles. The van der Waals surface area contributed by atoms with Crippen LogP contribution in [0.3, 0.4) is 0 Å². The largest absolute Gasteiger partial charge is 0.478 e. The van der Waals surface area contributed by atoms with Crippen LogP contribution < -0.4 is 4.74 Å². The smallest absolute Gasteiger partial charge is 0.328 e. The molecule has 36 heavy (non-hydrogen) atoms. The second-order valence-electron chi connectivity index (χ2n) is 8.28. The van der Waals surface area contributed by atoms with Crippen LogP contribution in [-0.4, -0.2) is 74.3 Å². The van der Waals surface area contributed by atoms with Gasteiger partial charge in [0, 0.05) is 38.0 Å². The molecule has 0 aliphatic carbocycles. The summed E-state index contributed by atoms with van der Waals surface area (Å²) in [6, 6.07) is 20.3. The summed E-state index contributed by atoms with van der Waals surface area (Å²) in [7, 11) is 0. The summed E-state index contributed by atoms with van der Waals surface area (Å²) in [5.41, 5.74) is 3.12. The van der Waals surface area contributed by atoms with Gasteiger partial charge in [0.05, 0.1) is 24.0 Å². The Morgan fingerprint density at radius 1 is 0.944 bits per heavy atom. The van der Waals surface area contributed by atoms with Gasteiger partial charge in [-0.25, -0.2) is 14.3 Å². The van der Waals surface area contributed by atoms with Gasteiger partial charge in [-0.1, -0.05) is 48.5 Å². The maximum Gasteiger partial charge on any atom is 0.328 e. The summed E-state index contributed by atoms with van der Waals surface area (Å²) in [5, 5.41) is 29.9. The van der Waals surface area contributed by atoms with Gasteiger partial charge in [0.1, 0.15) is 0 Å². The van der Waals surface area contributed by atoms with Gasteiger partial charge >= 0.3 is 11.9 Å². The third-order valence-corrected chi connectivity index (χ3v) is 5.57. The summed E-state index contributed by atoms with van der Waals surface area (Å²) in [4.78, 5) is 21.5. The number of hydrogen-bond donors (Lipinski definition) is 3. The van der Waals surface area contributed by atoms with Crippen LogP contribution in [-0.2, 0) is 9.59 Å². The van der Waals surface area contributed by atoms with Gasteiger partial charge in [-0.15, -0.1) is 5.10 Å². The number of carboxylic acids is 2. The number of para-hydroxylation sites is 1. The molecule has 0 unspecified atom stereocenters. The van der Waals surface area contributed by atoms with E-state index in [-0.39, 0.29) is 6.10 Å². The zero-order chi connectivity index (χ0) is 25.8. The van der Waals surface area contributed by atoms with Crippen molar-refractivity contribution in [2.45, 2.75) is 25.4 Å². The molecule has 1 aliphatic heterocycles. The van der Waals surface area contributed by atoms with Crippen molar-refractivity contribution in [2.75, 3.05) is 26.2 Å². The fourth-order valence-corrected chi connectivity index (χ4v) is 3.74. The minimum Gasteiger partial charge on any atom is -0.478 e. The molecule has 2 heterocycles. The molecule has 3 aromatic rings. The lowest BCUT2D eigenvalue weighted by Gasteiger charge is -2.29. The molecule has 1 fully saturated rings. The first-order valence-corrected chi connectivity index (χ1v) is 11.8. The van der Waals surface area contributed by atoms with Gasteiger partial charge in [0.25, 0.3) is 0 Å². The van der Waals surface area contributed by atoms with Crippen LogP contribution in [0.5, 0.6) is 5.88 Å². The Morgan fingerprint density at radius 2 is 1.53 bits per heavy atom. The molecule has 3 N–H and O–H groups in total. The number of rotatable bonds is 9. The number of likely N-dealkylation sites (tertiary alicyclic amines) is 1. The summed E-state index contributed by atoms with van der Waals surface area (Å²) in [5.74, 6) is -1.84. The number of carboxylic acid groups (broad SMARTS) is 2. The molecule has 190 valence electrons. The molecule has 0 spiro atoms. The zero-order valence-electron chi connectivity index (χ0n) is 19.9. The number of piperidine rings is 1. The van der Waals surface area contributed by atoms with Gasteiger partial charge in [-0.3, -0.25) is 0 Å². The number of aromatic nitrogens is 2. The highest BCUT2D eigenvalue weighted by Crippen LogP contribution is 2.30. The summed E-state index contributed by atoms with van der Waals surface area (Å²) < 4.78 is 7.98. The minimum absolute atomic E-state index is 0.122. The summed E-state index contributed by atoms with van der Waals surface area (Å²) in [6.45, 7) is 3.57. The van der Waals surface area contributed by atoms with Crippen molar-refractivity contribution in [3.05, 3.63) is 79.0 Å². The molecule has 0 radical (unpaired) electrons. The molecule has 0 bridgehead atoms. The van der Waals surface area contributed by atoms with Crippen LogP contribution in [0.15, 0.2) is 79.0 Å². The zero-order valence-corrected chi connectivity index (χ0v) is 19.9. The highest BCUT2D eigenvalue weighted by molar-refractivity contribution is 5.89. The fraction of sp³-hybridized carbons (Fsp3) is 0.296.